The summed E-state index contributed by atoms with van der Waals surface area (Å²) in [6.45, 7) is 1.90. The van der Waals surface area contributed by atoms with Crippen LogP contribution in [0, 0.1) is 5.82 Å². The van der Waals surface area contributed by atoms with Crippen LogP contribution in [-0.4, -0.2) is 40.0 Å². The van der Waals surface area contributed by atoms with E-state index >= 15 is 0 Å². The number of para-hydroxylation sites is 1. The molecule has 0 fully saturated rings. The molecule has 0 atom stereocenters. The third-order valence-corrected chi connectivity index (χ3v) is 4.54. The Bertz CT molecular complexity index is 827. The highest BCUT2D eigenvalue weighted by Crippen LogP contribution is 2.29. The van der Waals surface area contributed by atoms with Crippen LogP contribution in [-0.2, 0) is 24.2 Å². The molecule has 0 unspecified atom stereocenters. The number of aliphatic imine (C=N–C) groups is 1. The highest BCUT2D eigenvalue weighted by Gasteiger charge is 2.16. The molecule has 0 saturated heterocycles. The summed E-state index contributed by atoms with van der Waals surface area (Å²) in [6.07, 6.45) is 1.43. The number of halogens is 1. The summed E-state index contributed by atoms with van der Waals surface area (Å²) in [7, 11) is 3.40. The molecule has 2 aromatic rings. The first-order valence-electron chi connectivity index (χ1n) is 9.29. The Hall–Kier alpha value is -2.80. The molecule has 0 amide bonds. The number of nitrogens with zero attached hydrogens (tertiary/aromatic N) is 1. The van der Waals surface area contributed by atoms with Gasteiger partial charge >= 0.3 is 0 Å². The number of methoxy groups -OCH3 is 1. The molecule has 28 heavy (non-hydrogen) atoms. The maximum atomic E-state index is 13.8. The quantitative estimate of drug-likeness (QED) is 0.565. The summed E-state index contributed by atoms with van der Waals surface area (Å²) < 4.78 is 30.0. The Morgan fingerprint density at radius 3 is 2.64 bits per heavy atom. The van der Waals surface area contributed by atoms with Crippen molar-refractivity contribution < 1.29 is 18.6 Å². The number of nitrogens with one attached hydrogen (secondary N) is 2. The highest BCUT2D eigenvalue weighted by molar-refractivity contribution is 5.79. The summed E-state index contributed by atoms with van der Waals surface area (Å²) in [4.78, 5) is 4.24. The topological polar surface area (TPSA) is 64.1 Å². The molecule has 1 aliphatic heterocycles. The summed E-state index contributed by atoms with van der Waals surface area (Å²) in [6, 6.07) is 10.9. The van der Waals surface area contributed by atoms with Crippen LogP contribution >= 0.6 is 0 Å². The van der Waals surface area contributed by atoms with Gasteiger partial charge in [-0.3, -0.25) is 4.99 Å². The molecule has 7 heteroatoms. The number of benzene rings is 2. The first-order valence-corrected chi connectivity index (χ1v) is 9.29. The normalized spacial score (nSPS) is 13.5. The Morgan fingerprint density at radius 1 is 1.14 bits per heavy atom. The van der Waals surface area contributed by atoms with Crippen molar-refractivity contribution in [1.29, 1.82) is 0 Å². The fourth-order valence-corrected chi connectivity index (χ4v) is 3.20. The molecule has 6 nitrogen and oxygen atoms in total. The van der Waals surface area contributed by atoms with Gasteiger partial charge in [-0.25, -0.2) is 4.39 Å². The average Bonchev–Trinajstić information content (AvgIpc) is 2.72. The van der Waals surface area contributed by atoms with Crippen LogP contribution in [0.5, 0.6) is 11.5 Å². The molecule has 0 aliphatic carbocycles. The van der Waals surface area contributed by atoms with E-state index in [2.05, 4.69) is 15.6 Å². The van der Waals surface area contributed by atoms with E-state index in [1.807, 2.05) is 24.3 Å². The second kappa shape index (κ2) is 9.94. The Morgan fingerprint density at radius 2 is 1.89 bits per heavy atom. The Labute approximate surface area is 164 Å². The van der Waals surface area contributed by atoms with Gasteiger partial charge in [0.15, 0.2) is 12.8 Å². The van der Waals surface area contributed by atoms with Gasteiger partial charge in [0.05, 0.1) is 13.7 Å². The lowest BCUT2D eigenvalue weighted by atomic mass is 10.1. The number of rotatable bonds is 7. The monoisotopic (exact) mass is 387 g/mol. The average molecular weight is 387 g/mol. The van der Waals surface area contributed by atoms with Gasteiger partial charge in [-0.1, -0.05) is 18.2 Å². The molecule has 1 heterocycles. The van der Waals surface area contributed by atoms with Crippen LogP contribution in [0.4, 0.5) is 4.39 Å². The van der Waals surface area contributed by atoms with Crippen molar-refractivity contribution in [1.82, 2.24) is 10.6 Å². The van der Waals surface area contributed by atoms with E-state index in [-0.39, 0.29) is 12.6 Å². The van der Waals surface area contributed by atoms with E-state index in [9.17, 15) is 4.39 Å². The van der Waals surface area contributed by atoms with E-state index in [0.29, 0.717) is 25.5 Å². The van der Waals surface area contributed by atoms with Gasteiger partial charge in [-0.15, -0.1) is 0 Å². The summed E-state index contributed by atoms with van der Waals surface area (Å²) in [5, 5.41) is 6.54. The Kier molecular flexibility index (Phi) is 7.08. The molecule has 2 N–H and O–H groups in total. The molecule has 0 saturated carbocycles. The smallest absolute Gasteiger partial charge is 0.190 e. The lowest BCUT2D eigenvalue weighted by Crippen LogP contribution is -2.39. The lowest BCUT2D eigenvalue weighted by molar-refractivity contribution is -0.0172. The molecule has 0 aromatic heterocycles. The zero-order valence-corrected chi connectivity index (χ0v) is 16.3. The van der Waals surface area contributed by atoms with Crippen LogP contribution in [0.15, 0.2) is 41.4 Å². The van der Waals surface area contributed by atoms with Gasteiger partial charge in [-0.2, -0.15) is 0 Å². The largest absolute Gasteiger partial charge is 0.496 e. The highest BCUT2D eigenvalue weighted by atomic mass is 19.1. The minimum atomic E-state index is -0.276. The molecule has 2 aromatic carbocycles. The molecule has 1 aliphatic rings. The molecular weight excluding hydrogens is 361 g/mol. The Balaban J connectivity index is 1.49. The van der Waals surface area contributed by atoms with Crippen molar-refractivity contribution in [2.75, 3.05) is 34.0 Å². The number of hydrogen-bond donors (Lipinski definition) is 2. The van der Waals surface area contributed by atoms with Gasteiger partial charge in [0, 0.05) is 25.7 Å². The van der Waals surface area contributed by atoms with Crippen LogP contribution in [0.1, 0.15) is 16.7 Å². The molecule has 0 bridgehead atoms. The predicted octanol–water partition coefficient (Wildman–Crippen LogP) is 2.65. The van der Waals surface area contributed by atoms with Crippen molar-refractivity contribution in [2.45, 2.75) is 19.4 Å². The third kappa shape index (κ3) is 5.13. The standard InChI is InChI=1S/C21H26FN3O3/c1-23-21(24-9-7-15-5-3-4-6-19(15)26-2)25-10-8-16-11-18(22)12-17-13-27-14-28-20(16)17/h3-6,11-12H,7-10,13-14H2,1-2H3,(H2,23,24,25). The zero-order chi connectivity index (χ0) is 19.8. The zero-order valence-electron chi connectivity index (χ0n) is 16.3. The second-order valence-electron chi connectivity index (χ2n) is 6.40. The van der Waals surface area contributed by atoms with Gasteiger partial charge in [0.25, 0.3) is 0 Å². The molecule has 3 rings (SSSR count). The number of ether oxygens (including phenoxy) is 3. The predicted molar refractivity (Wildman–Crippen MR) is 106 cm³/mol. The SMILES string of the molecule is CN=C(NCCc1ccccc1OC)NCCc1cc(F)cc2c1OCOC2. The third-order valence-electron chi connectivity index (χ3n) is 4.54. The molecular formula is C21H26FN3O3. The minimum Gasteiger partial charge on any atom is -0.496 e. The lowest BCUT2D eigenvalue weighted by Gasteiger charge is -2.21. The first kappa shape index (κ1) is 19.9. The first-order chi connectivity index (χ1) is 13.7. The summed E-state index contributed by atoms with van der Waals surface area (Å²) >= 11 is 0. The fraction of sp³-hybridized carbons (Fsp3) is 0.381. The molecule has 0 spiro atoms. The second-order valence-corrected chi connectivity index (χ2v) is 6.40. The van der Waals surface area contributed by atoms with Crippen LogP contribution < -0.4 is 20.1 Å². The van der Waals surface area contributed by atoms with Crippen molar-refractivity contribution in [3.63, 3.8) is 0 Å². The van der Waals surface area contributed by atoms with Crippen molar-refractivity contribution >= 4 is 5.96 Å². The number of hydrogen-bond acceptors (Lipinski definition) is 4. The van der Waals surface area contributed by atoms with E-state index in [1.54, 1.807) is 14.2 Å². The number of guanidine groups is 1. The van der Waals surface area contributed by atoms with Crippen LogP contribution in [0.2, 0.25) is 0 Å². The van der Waals surface area contributed by atoms with Crippen molar-refractivity contribution in [3.8, 4) is 11.5 Å². The maximum absolute atomic E-state index is 13.8. The van der Waals surface area contributed by atoms with Crippen molar-refractivity contribution in [3.05, 3.63) is 58.9 Å². The summed E-state index contributed by atoms with van der Waals surface area (Å²) in [5.74, 6) is 2.03. The minimum absolute atomic E-state index is 0.200. The van der Waals surface area contributed by atoms with E-state index < -0.39 is 0 Å². The van der Waals surface area contributed by atoms with Gasteiger partial charge in [0.1, 0.15) is 17.3 Å². The van der Waals surface area contributed by atoms with E-state index in [1.165, 1.54) is 12.1 Å². The molecule has 0 radical (unpaired) electrons. The number of fused-ring (bicyclic) bond motifs is 1. The van der Waals surface area contributed by atoms with Gasteiger partial charge in [0.2, 0.25) is 0 Å². The van der Waals surface area contributed by atoms with Crippen molar-refractivity contribution in [2.24, 2.45) is 4.99 Å². The maximum Gasteiger partial charge on any atom is 0.190 e. The van der Waals surface area contributed by atoms with Crippen LogP contribution in [0.25, 0.3) is 0 Å². The summed E-state index contributed by atoms with van der Waals surface area (Å²) in [5.41, 5.74) is 2.72. The fourth-order valence-electron chi connectivity index (χ4n) is 3.20. The van der Waals surface area contributed by atoms with Crippen LogP contribution in [0.3, 0.4) is 0 Å². The molecule has 150 valence electrons. The van der Waals surface area contributed by atoms with Gasteiger partial charge in [-0.05, 0) is 42.2 Å². The van der Waals surface area contributed by atoms with E-state index in [4.69, 9.17) is 14.2 Å². The van der Waals surface area contributed by atoms with Gasteiger partial charge < -0.3 is 24.8 Å². The van der Waals surface area contributed by atoms with E-state index in [0.717, 1.165) is 41.2 Å².